The summed E-state index contributed by atoms with van der Waals surface area (Å²) in [6, 6.07) is 5.71. The Bertz CT molecular complexity index is 432. The van der Waals surface area contributed by atoms with Gasteiger partial charge >= 0.3 is 0 Å². The number of hydrogen-bond acceptors (Lipinski definition) is 2. The lowest BCUT2D eigenvalue weighted by molar-refractivity contribution is 0.0717. The third-order valence-electron chi connectivity index (χ3n) is 2.63. The fourth-order valence-electron chi connectivity index (χ4n) is 1.63. The molecule has 0 aliphatic carbocycles. The quantitative estimate of drug-likeness (QED) is 0.756. The predicted octanol–water partition coefficient (Wildman–Crippen LogP) is 3.03. The van der Waals surface area contributed by atoms with Crippen LogP contribution >= 0.6 is 15.9 Å². The summed E-state index contributed by atoms with van der Waals surface area (Å²) in [5, 5.41) is 0. The molecular weight excluding hydrogens is 294 g/mol. The first-order chi connectivity index (χ1) is 8.60. The third kappa shape index (κ3) is 3.96. The van der Waals surface area contributed by atoms with Gasteiger partial charge in [0.2, 0.25) is 0 Å². The van der Waals surface area contributed by atoms with Gasteiger partial charge in [-0.1, -0.05) is 28.1 Å². The van der Waals surface area contributed by atoms with Crippen LogP contribution in [0.3, 0.4) is 0 Å². The molecule has 18 heavy (non-hydrogen) atoms. The molecule has 0 aliphatic heterocycles. The molecule has 0 radical (unpaired) electrons. The predicted molar refractivity (Wildman–Crippen MR) is 76.9 cm³/mol. The van der Waals surface area contributed by atoms with Crippen LogP contribution in [0.2, 0.25) is 0 Å². The van der Waals surface area contributed by atoms with Crippen LogP contribution in [0, 0.1) is 6.92 Å². The molecule has 0 saturated carbocycles. The highest BCUT2D eigenvalue weighted by molar-refractivity contribution is 9.10. The lowest BCUT2D eigenvalue weighted by Crippen LogP contribution is -2.34. The van der Waals surface area contributed by atoms with E-state index in [-0.39, 0.29) is 5.91 Å². The Balaban J connectivity index is 2.93. The van der Waals surface area contributed by atoms with Crippen molar-refractivity contribution in [2.45, 2.75) is 6.92 Å². The second-order valence-electron chi connectivity index (χ2n) is 3.99. The highest BCUT2D eigenvalue weighted by Crippen LogP contribution is 2.17. The number of carbonyl (C=O) groups is 1. The average molecular weight is 312 g/mol. The zero-order valence-electron chi connectivity index (χ0n) is 10.8. The Hall–Kier alpha value is -1.13. The molecule has 0 unspecified atom stereocenters. The van der Waals surface area contributed by atoms with Crippen molar-refractivity contribution in [3.05, 3.63) is 46.5 Å². The van der Waals surface area contributed by atoms with Gasteiger partial charge in [-0.15, -0.1) is 6.58 Å². The fourth-order valence-corrected chi connectivity index (χ4v) is 1.99. The van der Waals surface area contributed by atoms with E-state index in [4.69, 9.17) is 4.74 Å². The number of halogens is 1. The summed E-state index contributed by atoms with van der Waals surface area (Å²) in [6.07, 6.45) is 1.72. The van der Waals surface area contributed by atoms with Gasteiger partial charge in [-0.2, -0.15) is 0 Å². The van der Waals surface area contributed by atoms with Crippen molar-refractivity contribution in [2.75, 3.05) is 26.8 Å². The van der Waals surface area contributed by atoms with E-state index < -0.39 is 0 Å². The summed E-state index contributed by atoms with van der Waals surface area (Å²) in [6.45, 7) is 7.22. The fraction of sp³-hybridized carbons (Fsp3) is 0.357. The molecule has 1 aromatic rings. The van der Waals surface area contributed by atoms with Crippen molar-refractivity contribution in [1.82, 2.24) is 4.90 Å². The van der Waals surface area contributed by atoms with Crippen LogP contribution in [0.25, 0.3) is 0 Å². The van der Waals surface area contributed by atoms with E-state index in [9.17, 15) is 4.79 Å². The molecule has 1 aromatic carbocycles. The van der Waals surface area contributed by atoms with Crippen molar-refractivity contribution in [1.29, 1.82) is 0 Å². The maximum atomic E-state index is 12.4. The summed E-state index contributed by atoms with van der Waals surface area (Å²) < 4.78 is 5.93. The average Bonchev–Trinajstić information content (AvgIpc) is 2.36. The lowest BCUT2D eigenvalue weighted by atomic mass is 10.1. The van der Waals surface area contributed by atoms with Gasteiger partial charge in [-0.05, 0) is 24.6 Å². The summed E-state index contributed by atoms with van der Waals surface area (Å²) in [5.41, 5.74) is 1.68. The minimum absolute atomic E-state index is 0.00532. The van der Waals surface area contributed by atoms with Crippen molar-refractivity contribution in [3.63, 3.8) is 0 Å². The minimum Gasteiger partial charge on any atom is -0.383 e. The van der Waals surface area contributed by atoms with Crippen molar-refractivity contribution >= 4 is 21.8 Å². The summed E-state index contributed by atoms with van der Waals surface area (Å²) >= 11 is 3.39. The summed E-state index contributed by atoms with van der Waals surface area (Å²) in [5.74, 6) is 0.00532. The van der Waals surface area contributed by atoms with E-state index in [2.05, 4.69) is 22.5 Å². The van der Waals surface area contributed by atoms with Gasteiger partial charge in [-0.3, -0.25) is 4.79 Å². The maximum absolute atomic E-state index is 12.4. The second kappa shape index (κ2) is 7.34. The smallest absolute Gasteiger partial charge is 0.254 e. The van der Waals surface area contributed by atoms with Crippen molar-refractivity contribution in [2.24, 2.45) is 0 Å². The van der Waals surface area contributed by atoms with E-state index in [1.807, 2.05) is 25.1 Å². The molecule has 0 N–H and O–H groups in total. The standard InChI is InChI=1S/C14H18BrNO2/c1-4-7-16(8-9-18-3)14(17)13-10-12(15)6-5-11(13)2/h4-6,10H,1,7-9H2,2-3H3. The Morgan fingerprint density at radius 1 is 1.56 bits per heavy atom. The number of rotatable bonds is 6. The van der Waals surface area contributed by atoms with Crippen LogP contribution in [0.1, 0.15) is 15.9 Å². The number of carbonyl (C=O) groups excluding carboxylic acids is 1. The first-order valence-electron chi connectivity index (χ1n) is 5.75. The van der Waals surface area contributed by atoms with Gasteiger partial charge in [-0.25, -0.2) is 0 Å². The molecule has 98 valence electrons. The summed E-state index contributed by atoms with van der Waals surface area (Å²) in [4.78, 5) is 14.1. The molecule has 1 amide bonds. The minimum atomic E-state index is 0.00532. The number of aryl methyl sites for hydroxylation is 1. The van der Waals surface area contributed by atoms with Crippen molar-refractivity contribution < 1.29 is 9.53 Å². The SMILES string of the molecule is C=CCN(CCOC)C(=O)c1cc(Br)ccc1C. The molecule has 0 saturated heterocycles. The molecule has 3 nitrogen and oxygen atoms in total. The molecule has 0 fully saturated rings. The second-order valence-corrected chi connectivity index (χ2v) is 4.91. The molecule has 0 atom stereocenters. The Labute approximate surface area is 117 Å². The largest absolute Gasteiger partial charge is 0.383 e. The Morgan fingerprint density at radius 3 is 2.89 bits per heavy atom. The van der Waals surface area contributed by atoms with Gasteiger partial charge in [0.1, 0.15) is 0 Å². The lowest BCUT2D eigenvalue weighted by Gasteiger charge is -2.21. The van der Waals surface area contributed by atoms with E-state index in [1.165, 1.54) is 0 Å². The normalized spacial score (nSPS) is 10.2. The van der Waals surface area contributed by atoms with Crippen LogP contribution in [-0.4, -0.2) is 37.6 Å². The molecule has 0 spiro atoms. The topological polar surface area (TPSA) is 29.5 Å². The molecule has 4 heteroatoms. The van der Waals surface area contributed by atoms with Crippen LogP contribution in [0.5, 0.6) is 0 Å². The Morgan fingerprint density at radius 2 is 2.28 bits per heavy atom. The first kappa shape index (κ1) is 14.9. The molecule has 0 aliphatic rings. The molecular formula is C14H18BrNO2. The molecule has 0 bridgehead atoms. The van der Waals surface area contributed by atoms with Gasteiger partial charge in [0.05, 0.1) is 6.61 Å². The number of amides is 1. The third-order valence-corrected chi connectivity index (χ3v) is 3.13. The number of ether oxygens (including phenoxy) is 1. The van der Waals surface area contributed by atoms with Gasteiger partial charge in [0.25, 0.3) is 5.91 Å². The number of hydrogen-bond donors (Lipinski definition) is 0. The summed E-state index contributed by atoms with van der Waals surface area (Å²) in [7, 11) is 1.63. The van der Waals surface area contributed by atoms with Crippen LogP contribution in [-0.2, 0) is 4.74 Å². The van der Waals surface area contributed by atoms with Gasteiger partial charge in [0.15, 0.2) is 0 Å². The number of nitrogens with zero attached hydrogens (tertiary/aromatic N) is 1. The number of methoxy groups -OCH3 is 1. The molecule has 1 rings (SSSR count). The highest BCUT2D eigenvalue weighted by atomic mass is 79.9. The zero-order chi connectivity index (χ0) is 13.5. The van der Waals surface area contributed by atoms with Crippen LogP contribution in [0.15, 0.2) is 35.3 Å². The van der Waals surface area contributed by atoms with E-state index in [1.54, 1.807) is 18.1 Å². The van der Waals surface area contributed by atoms with Crippen molar-refractivity contribution in [3.8, 4) is 0 Å². The monoisotopic (exact) mass is 311 g/mol. The first-order valence-corrected chi connectivity index (χ1v) is 6.54. The highest BCUT2D eigenvalue weighted by Gasteiger charge is 2.16. The van der Waals surface area contributed by atoms with E-state index in [0.717, 1.165) is 10.0 Å². The van der Waals surface area contributed by atoms with Gasteiger partial charge in [0, 0.05) is 30.2 Å². The van der Waals surface area contributed by atoms with Crippen LogP contribution in [0.4, 0.5) is 0 Å². The number of benzene rings is 1. The van der Waals surface area contributed by atoms with E-state index in [0.29, 0.717) is 25.3 Å². The van der Waals surface area contributed by atoms with Gasteiger partial charge < -0.3 is 9.64 Å². The Kier molecular flexibility index (Phi) is 6.09. The van der Waals surface area contributed by atoms with Crippen LogP contribution < -0.4 is 0 Å². The van der Waals surface area contributed by atoms with E-state index >= 15 is 0 Å². The molecule has 0 heterocycles. The maximum Gasteiger partial charge on any atom is 0.254 e. The zero-order valence-corrected chi connectivity index (χ0v) is 12.4. The molecule has 0 aromatic heterocycles.